The molecule has 0 amide bonds. The molecule has 16 heavy (non-hydrogen) atoms. The van der Waals surface area contributed by atoms with Crippen molar-refractivity contribution >= 4 is 25.3 Å². The fourth-order valence-electron chi connectivity index (χ4n) is 1.90. The van der Waals surface area contributed by atoms with E-state index in [1.165, 1.54) is 22.3 Å². The van der Waals surface area contributed by atoms with E-state index in [0.717, 1.165) is 9.79 Å². The van der Waals surface area contributed by atoms with Crippen LogP contribution in [0.5, 0.6) is 0 Å². The summed E-state index contributed by atoms with van der Waals surface area (Å²) >= 11 is 8.69. The van der Waals surface area contributed by atoms with Crippen LogP contribution in [-0.2, 0) is 0 Å². The van der Waals surface area contributed by atoms with Gasteiger partial charge in [-0.25, -0.2) is 0 Å². The van der Waals surface area contributed by atoms with E-state index < -0.39 is 0 Å². The lowest BCUT2D eigenvalue weighted by atomic mass is 9.97. The van der Waals surface area contributed by atoms with Crippen molar-refractivity contribution in [3.8, 4) is 11.1 Å². The molecule has 2 aromatic rings. The molecule has 0 nitrogen and oxygen atoms in total. The van der Waals surface area contributed by atoms with E-state index in [0.29, 0.717) is 0 Å². The Bertz CT molecular complexity index is 481. The quantitative estimate of drug-likeness (QED) is 0.678. The van der Waals surface area contributed by atoms with Crippen LogP contribution in [0, 0.1) is 13.8 Å². The van der Waals surface area contributed by atoms with Crippen LogP contribution in [0.25, 0.3) is 11.1 Å². The van der Waals surface area contributed by atoms with Gasteiger partial charge in [-0.1, -0.05) is 12.1 Å². The number of hydrogen-bond donors (Lipinski definition) is 2. The summed E-state index contributed by atoms with van der Waals surface area (Å²) in [5, 5.41) is 0. The molecule has 0 spiro atoms. The second-order valence-corrected chi connectivity index (χ2v) is 5.03. The molecule has 0 saturated carbocycles. The van der Waals surface area contributed by atoms with Gasteiger partial charge in [-0.2, -0.15) is 0 Å². The Hall–Kier alpha value is -0.860. The normalized spacial score (nSPS) is 10.5. The Balaban J connectivity index is 2.59. The first-order valence-corrected chi connectivity index (χ1v) is 6.07. The van der Waals surface area contributed by atoms with Gasteiger partial charge in [0.2, 0.25) is 0 Å². The Morgan fingerprint density at radius 2 is 1.06 bits per heavy atom. The molecule has 0 aliphatic heterocycles. The van der Waals surface area contributed by atoms with E-state index in [1.54, 1.807) is 0 Å². The number of thiol groups is 2. The third-order valence-electron chi connectivity index (χ3n) is 2.71. The number of benzene rings is 2. The summed E-state index contributed by atoms with van der Waals surface area (Å²) in [5.74, 6) is 0. The standard InChI is InChI=1S/C14H14S2/c1-9-7-11(15)3-5-13(9)14-6-4-12(16)8-10(14)2/h3-8,15-16H,1-2H3. The molecule has 0 aromatic heterocycles. The van der Waals surface area contributed by atoms with Gasteiger partial charge in [0.1, 0.15) is 0 Å². The monoisotopic (exact) mass is 246 g/mol. The fourth-order valence-corrected chi connectivity index (χ4v) is 2.44. The third-order valence-corrected chi connectivity index (χ3v) is 3.27. The highest BCUT2D eigenvalue weighted by atomic mass is 32.1. The maximum absolute atomic E-state index is 4.34. The van der Waals surface area contributed by atoms with Crippen molar-refractivity contribution in [3.63, 3.8) is 0 Å². The van der Waals surface area contributed by atoms with Crippen LogP contribution in [0.1, 0.15) is 11.1 Å². The van der Waals surface area contributed by atoms with Gasteiger partial charge in [0.05, 0.1) is 0 Å². The summed E-state index contributed by atoms with van der Waals surface area (Å²) in [6.07, 6.45) is 0. The Morgan fingerprint density at radius 3 is 1.38 bits per heavy atom. The molecule has 2 rings (SSSR count). The van der Waals surface area contributed by atoms with E-state index >= 15 is 0 Å². The van der Waals surface area contributed by atoms with E-state index in [-0.39, 0.29) is 0 Å². The minimum atomic E-state index is 1.00. The van der Waals surface area contributed by atoms with Gasteiger partial charge >= 0.3 is 0 Å². The van der Waals surface area contributed by atoms with Crippen molar-refractivity contribution in [1.29, 1.82) is 0 Å². The molecule has 0 fully saturated rings. The highest BCUT2D eigenvalue weighted by Crippen LogP contribution is 2.29. The van der Waals surface area contributed by atoms with E-state index in [1.807, 2.05) is 12.1 Å². The molecule has 0 aliphatic rings. The molecule has 0 radical (unpaired) electrons. The summed E-state index contributed by atoms with van der Waals surface area (Å²) in [4.78, 5) is 2.01. The van der Waals surface area contributed by atoms with Crippen LogP contribution in [-0.4, -0.2) is 0 Å². The second-order valence-electron chi connectivity index (χ2n) is 4.00. The van der Waals surface area contributed by atoms with Crippen LogP contribution >= 0.6 is 25.3 Å². The molecule has 0 bridgehead atoms. The maximum atomic E-state index is 4.34. The second kappa shape index (κ2) is 4.56. The van der Waals surface area contributed by atoms with Crippen LogP contribution in [0.2, 0.25) is 0 Å². The van der Waals surface area contributed by atoms with Gasteiger partial charge in [0.15, 0.2) is 0 Å². The zero-order valence-corrected chi connectivity index (χ0v) is 11.1. The van der Waals surface area contributed by atoms with E-state index in [2.05, 4.69) is 63.4 Å². The summed E-state index contributed by atoms with van der Waals surface area (Å²) in [7, 11) is 0. The minimum Gasteiger partial charge on any atom is -0.143 e. The number of aryl methyl sites for hydroxylation is 2. The van der Waals surface area contributed by atoms with Crippen molar-refractivity contribution < 1.29 is 0 Å². The van der Waals surface area contributed by atoms with Crippen molar-refractivity contribution in [2.75, 3.05) is 0 Å². The average Bonchev–Trinajstić information content (AvgIpc) is 2.19. The molecule has 82 valence electrons. The Kier molecular flexibility index (Phi) is 3.31. The number of hydrogen-bond acceptors (Lipinski definition) is 2. The molecule has 2 aromatic carbocycles. The average molecular weight is 246 g/mol. The zero-order chi connectivity index (χ0) is 11.7. The van der Waals surface area contributed by atoms with Gasteiger partial charge in [-0.15, -0.1) is 25.3 Å². The smallest absolute Gasteiger partial charge is 0.00430 e. The summed E-state index contributed by atoms with van der Waals surface area (Å²) in [6, 6.07) is 12.5. The van der Waals surface area contributed by atoms with Crippen LogP contribution in [0.15, 0.2) is 46.2 Å². The van der Waals surface area contributed by atoms with Crippen LogP contribution < -0.4 is 0 Å². The van der Waals surface area contributed by atoms with E-state index in [9.17, 15) is 0 Å². The van der Waals surface area contributed by atoms with Gasteiger partial charge in [0.25, 0.3) is 0 Å². The maximum Gasteiger partial charge on any atom is 0.00430 e. The largest absolute Gasteiger partial charge is 0.143 e. The Morgan fingerprint density at radius 1 is 0.688 bits per heavy atom. The summed E-state index contributed by atoms with van der Waals surface area (Å²) in [6.45, 7) is 4.23. The summed E-state index contributed by atoms with van der Waals surface area (Å²) in [5.41, 5.74) is 5.04. The lowest BCUT2D eigenvalue weighted by Crippen LogP contribution is -1.87. The van der Waals surface area contributed by atoms with Gasteiger partial charge in [-0.3, -0.25) is 0 Å². The third kappa shape index (κ3) is 2.28. The predicted octanol–water partition coefficient (Wildman–Crippen LogP) is 4.55. The summed E-state index contributed by atoms with van der Waals surface area (Å²) < 4.78 is 0. The van der Waals surface area contributed by atoms with Gasteiger partial charge in [0, 0.05) is 9.79 Å². The molecule has 2 heteroatoms. The zero-order valence-electron chi connectivity index (χ0n) is 9.36. The first kappa shape index (κ1) is 11.6. The van der Waals surface area contributed by atoms with Crippen molar-refractivity contribution in [2.45, 2.75) is 23.6 Å². The molecular formula is C14H14S2. The topological polar surface area (TPSA) is 0 Å². The fraction of sp³-hybridized carbons (Fsp3) is 0.143. The first-order valence-electron chi connectivity index (χ1n) is 5.17. The van der Waals surface area contributed by atoms with E-state index in [4.69, 9.17) is 0 Å². The highest BCUT2D eigenvalue weighted by Gasteiger charge is 2.05. The molecule has 0 aliphatic carbocycles. The lowest BCUT2D eigenvalue weighted by Gasteiger charge is -2.10. The van der Waals surface area contributed by atoms with Crippen LogP contribution in [0.4, 0.5) is 0 Å². The molecule has 0 atom stereocenters. The molecule has 0 saturated heterocycles. The SMILES string of the molecule is Cc1cc(S)ccc1-c1ccc(S)cc1C. The van der Waals surface area contributed by atoms with Crippen molar-refractivity contribution in [2.24, 2.45) is 0 Å². The van der Waals surface area contributed by atoms with Crippen molar-refractivity contribution in [3.05, 3.63) is 47.5 Å². The van der Waals surface area contributed by atoms with Gasteiger partial charge < -0.3 is 0 Å². The first-order chi connectivity index (χ1) is 7.58. The minimum absolute atomic E-state index is 1.00. The molecular weight excluding hydrogens is 232 g/mol. The highest BCUT2D eigenvalue weighted by molar-refractivity contribution is 7.80. The Labute approximate surface area is 108 Å². The number of rotatable bonds is 1. The van der Waals surface area contributed by atoms with Crippen molar-refractivity contribution in [1.82, 2.24) is 0 Å². The molecule has 0 heterocycles. The predicted molar refractivity (Wildman–Crippen MR) is 75.9 cm³/mol. The van der Waals surface area contributed by atoms with Crippen LogP contribution in [0.3, 0.4) is 0 Å². The molecule has 0 N–H and O–H groups in total. The lowest BCUT2D eigenvalue weighted by molar-refractivity contribution is 1.32. The van der Waals surface area contributed by atoms with Gasteiger partial charge in [-0.05, 0) is 60.4 Å². The molecule has 0 unspecified atom stereocenters.